The molecule has 1 aromatic heterocycles. The summed E-state index contributed by atoms with van der Waals surface area (Å²) in [7, 11) is 2.01. The minimum Gasteiger partial charge on any atom is -0.321 e. The molecule has 17 heavy (non-hydrogen) atoms. The third kappa shape index (κ3) is 2.84. The fourth-order valence-corrected chi connectivity index (χ4v) is 2.55. The molecule has 1 unspecified atom stereocenters. The average molecular weight is 235 g/mol. The molecule has 94 valence electrons. The van der Waals surface area contributed by atoms with Crippen molar-refractivity contribution in [2.45, 2.75) is 37.8 Å². The Bertz CT molecular complexity index is 371. The van der Waals surface area contributed by atoms with Gasteiger partial charge in [0.25, 0.3) is 0 Å². The van der Waals surface area contributed by atoms with E-state index in [9.17, 15) is 0 Å². The van der Waals surface area contributed by atoms with Crippen molar-refractivity contribution in [3.8, 4) is 0 Å². The molecule has 5 heteroatoms. The number of rotatable bonds is 5. The maximum Gasteiger partial charge on any atom is 0.133 e. The maximum atomic E-state index is 4.12. The molecule has 1 N–H and O–H groups in total. The first kappa shape index (κ1) is 11.2. The Balaban J connectivity index is 1.42. The molecule has 0 radical (unpaired) electrons. The molecule has 2 aliphatic rings. The zero-order chi connectivity index (χ0) is 11.7. The monoisotopic (exact) mass is 235 g/mol. The summed E-state index contributed by atoms with van der Waals surface area (Å²) < 4.78 is 2.01. The summed E-state index contributed by atoms with van der Waals surface area (Å²) in [6.45, 7) is 3.53. The molecule has 1 aliphatic heterocycles. The summed E-state index contributed by atoms with van der Waals surface area (Å²) in [5.74, 6) is 1.09. The highest BCUT2D eigenvalue weighted by Gasteiger charge is 2.28. The second-order valence-corrected chi connectivity index (χ2v) is 5.34. The van der Waals surface area contributed by atoms with Gasteiger partial charge in [-0.05, 0) is 25.8 Å². The van der Waals surface area contributed by atoms with E-state index in [1.807, 2.05) is 11.6 Å². The van der Waals surface area contributed by atoms with E-state index in [1.165, 1.54) is 32.4 Å². The van der Waals surface area contributed by atoms with E-state index in [2.05, 4.69) is 20.4 Å². The molecule has 2 fully saturated rings. The van der Waals surface area contributed by atoms with Crippen LogP contribution in [0.3, 0.4) is 0 Å². The number of aromatic nitrogens is 3. The van der Waals surface area contributed by atoms with Crippen LogP contribution < -0.4 is 5.32 Å². The van der Waals surface area contributed by atoms with Crippen molar-refractivity contribution in [3.05, 3.63) is 12.2 Å². The summed E-state index contributed by atoms with van der Waals surface area (Å²) >= 11 is 0. The van der Waals surface area contributed by atoms with Crippen molar-refractivity contribution in [2.75, 3.05) is 19.6 Å². The van der Waals surface area contributed by atoms with E-state index in [-0.39, 0.29) is 0 Å². The van der Waals surface area contributed by atoms with Gasteiger partial charge in [0, 0.05) is 38.6 Å². The van der Waals surface area contributed by atoms with Gasteiger partial charge in [0.1, 0.15) is 12.2 Å². The smallest absolute Gasteiger partial charge is 0.133 e. The van der Waals surface area contributed by atoms with Crippen LogP contribution in [-0.2, 0) is 13.5 Å². The SMILES string of the molecule is Cn1cnnc1CCN1CCC(NC2CC2)C1. The van der Waals surface area contributed by atoms with Gasteiger partial charge in [-0.3, -0.25) is 0 Å². The third-order valence-corrected chi connectivity index (χ3v) is 3.78. The molecule has 1 atom stereocenters. The second-order valence-electron chi connectivity index (χ2n) is 5.34. The summed E-state index contributed by atoms with van der Waals surface area (Å²) in [6.07, 6.45) is 6.85. The molecule has 0 spiro atoms. The van der Waals surface area contributed by atoms with Gasteiger partial charge in [-0.25, -0.2) is 0 Å². The van der Waals surface area contributed by atoms with Crippen molar-refractivity contribution in [1.82, 2.24) is 25.0 Å². The fourth-order valence-electron chi connectivity index (χ4n) is 2.55. The van der Waals surface area contributed by atoms with Crippen molar-refractivity contribution < 1.29 is 0 Å². The van der Waals surface area contributed by atoms with Gasteiger partial charge in [-0.2, -0.15) is 0 Å². The molecule has 5 nitrogen and oxygen atoms in total. The largest absolute Gasteiger partial charge is 0.321 e. The summed E-state index contributed by atoms with van der Waals surface area (Å²) in [6, 6.07) is 1.56. The minimum absolute atomic E-state index is 0.724. The second kappa shape index (κ2) is 4.74. The summed E-state index contributed by atoms with van der Waals surface area (Å²) in [5.41, 5.74) is 0. The quantitative estimate of drug-likeness (QED) is 0.791. The van der Waals surface area contributed by atoms with Crippen molar-refractivity contribution in [2.24, 2.45) is 7.05 Å². The van der Waals surface area contributed by atoms with Crippen LogP contribution in [0.1, 0.15) is 25.1 Å². The molecule has 2 heterocycles. The first-order valence-electron chi connectivity index (χ1n) is 6.62. The van der Waals surface area contributed by atoms with Crippen LogP contribution in [-0.4, -0.2) is 51.4 Å². The van der Waals surface area contributed by atoms with E-state index in [1.54, 1.807) is 6.33 Å². The molecule has 0 aromatic carbocycles. The van der Waals surface area contributed by atoms with E-state index in [0.29, 0.717) is 0 Å². The number of nitrogens with zero attached hydrogens (tertiary/aromatic N) is 4. The fraction of sp³-hybridized carbons (Fsp3) is 0.833. The lowest BCUT2D eigenvalue weighted by atomic mass is 10.2. The Hall–Kier alpha value is -0.940. The molecule has 1 saturated heterocycles. The third-order valence-electron chi connectivity index (χ3n) is 3.78. The lowest BCUT2D eigenvalue weighted by Gasteiger charge is -2.16. The Kier molecular flexibility index (Phi) is 3.11. The van der Waals surface area contributed by atoms with Crippen LogP contribution in [0.4, 0.5) is 0 Å². The van der Waals surface area contributed by atoms with Crippen LogP contribution in [0, 0.1) is 0 Å². The zero-order valence-corrected chi connectivity index (χ0v) is 10.5. The van der Waals surface area contributed by atoms with E-state index < -0.39 is 0 Å². The highest BCUT2D eigenvalue weighted by atomic mass is 15.3. The molecule has 0 amide bonds. The number of aryl methyl sites for hydroxylation is 1. The van der Waals surface area contributed by atoms with Crippen molar-refractivity contribution in [3.63, 3.8) is 0 Å². The standard InChI is InChI=1S/C12H21N5/c1-16-9-13-15-12(16)5-7-17-6-4-11(8-17)14-10-2-3-10/h9-11,14H,2-8H2,1H3. The molecule has 3 rings (SSSR count). The van der Waals surface area contributed by atoms with Crippen LogP contribution in [0.5, 0.6) is 0 Å². The first-order valence-corrected chi connectivity index (χ1v) is 6.62. The van der Waals surface area contributed by atoms with E-state index in [4.69, 9.17) is 0 Å². The van der Waals surface area contributed by atoms with Crippen LogP contribution in [0.2, 0.25) is 0 Å². The topological polar surface area (TPSA) is 46.0 Å². The van der Waals surface area contributed by atoms with E-state index >= 15 is 0 Å². The van der Waals surface area contributed by atoms with Gasteiger partial charge in [-0.1, -0.05) is 0 Å². The Morgan fingerprint density at radius 2 is 2.24 bits per heavy atom. The van der Waals surface area contributed by atoms with Crippen LogP contribution in [0.15, 0.2) is 6.33 Å². The number of hydrogen-bond acceptors (Lipinski definition) is 4. The minimum atomic E-state index is 0.724. The number of hydrogen-bond donors (Lipinski definition) is 1. The van der Waals surface area contributed by atoms with Crippen LogP contribution >= 0.6 is 0 Å². The number of likely N-dealkylation sites (tertiary alicyclic amines) is 1. The molecular formula is C12H21N5. The highest BCUT2D eigenvalue weighted by molar-refractivity contribution is 4.91. The van der Waals surface area contributed by atoms with E-state index in [0.717, 1.165) is 30.9 Å². The van der Waals surface area contributed by atoms with Gasteiger partial charge >= 0.3 is 0 Å². The molecule has 0 bridgehead atoms. The average Bonchev–Trinajstić information content (AvgIpc) is 2.85. The highest BCUT2D eigenvalue weighted by Crippen LogP contribution is 2.21. The first-order chi connectivity index (χ1) is 8.31. The van der Waals surface area contributed by atoms with Crippen molar-refractivity contribution in [1.29, 1.82) is 0 Å². The summed E-state index contributed by atoms with van der Waals surface area (Å²) in [4.78, 5) is 2.54. The van der Waals surface area contributed by atoms with Gasteiger partial charge in [0.15, 0.2) is 0 Å². The Morgan fingerprint density at radius 3 is 2.94 bits per heavy atom. The normalized spacial score (nSPS) is 25.6. The molecule has 1 aliphatic carbocycles. The molecule has 1 saturated carbocycles. The predicted octanol–water partition coefficient (Wildman–Crippen LogP) is 0.184. The maximum absolute atomic E-state index is 4.12. The molecule has 1 aromatic rings. The Morgan fingerprint density at radius 1 is 1.35 bits per heavy atom. The Labute approximate surface area is 102 Å². The molecular weight excluding hydrogens is 214 g/mol. The van der Waals surface area contributed by atoms with Gasteiger partial charge in [0.2, 0.25) is 0 Å². The predicted molar refractivity (Wildman–Crippen MR) is 65.7 cm³/mol. The van der Waals surface area contributed by atoms with Gasteiger partial charge < -0.3 is 14.8 Å². The van der Waals surface area contributed by atoms with Crippen LogP contribution in [0.25, 0.3) is 0 Å². The van der Waals surface area contributed by atoms with Gasteiger partial charge in [-0.15, -0.1) is 10.2 Å². The summed E-state index contributed by atoms with van der Waals surface area (Å²) in [5, 5.41) is 11.7. The number of nitrogens with one attached hydrogen (secondary N) is 1. The zero-order valence-electron chi connectivity index (χ0n) is 10.5. The lowest BCUT2D eigenvalue weighted by Crippen LogP contribution is -2.34. The van der Waals surface area contributed by atoms with Crippen molar-refractivity contribution >= 4 is 0 Å². The van der Waals surface area contributed by atoms with Gasteiger partial charge in [0.05, 0.1) is 0 Å². The lowest BCUT2D eigenvalue weighted by molar-refractivity contribution is 0.327.